The minimum Gasteiger partial charge on any atom is -0.462 e. The summed E-state index contributed by atoms with van der Waals surface area (Å²) in [4.78, 5) is 48.4. The lowest BCUT2D eigenvalue weighted by molar-refractivity contribution is -0.161. The number of carbonyl (C=O) groups is 3. The summed E-state index contributed by atoms with van der Waals surface area (Å²) in [5.74, 6) is -1.53. The molecule has 12 heteroatoms. The molecule has 0 aromatic carbocycles. The smallest absolute Gasteiger partial charge is 0.462 e. The summed E-state index contributed by atoms with van der Waals surface area (Å²) < 4.78 is 39.4. The van der Waals surface area contributed by atoms with E-state index < -0.39 is 57.8 Å². The third-order valence-corrected chi connectivity index (χ3v) is 12.5. The predicted molar refractivity (Wildman–Crippen MR) is 288 cm³/mol. The molecule has 0 rings (SSSR count). The van der Waals surface area contributed by atoms with E-state index in [4.69, 9.17) is 23.3 Å². The van der Waals surface area contributed by atoms with Gasteiger partial charge in [-0.05, 0) is 109 Å². The number of hydrogen-bond donors (Lipinski definition) is 2. The van der Waals surface area contributed by atoms with Gasteiger partial charge in [-0.1, -0.05) is 184 Å². The van der Waals surface area contributed by atoms with Gasteiger partial charge in [0.15, 0.2) is 6.10 Å². The lowest BCUT2D eigenvalue weighted by Crippen LogP contribution is -2.30. The lowest BCUT2D eigenvalue weighted by Gasteiger charge is -2.21. The quantitative estimate of drug-likeness (QED) is 0.0197. The molecule has 0 aliphatic rings. The third kappa shape index (κ3) is 49.9. The van der Waals surface area contributed by atoms with E-state index in [-0.39, 0.29) is 25.9 Å². The number of unbranched alkanes of at least 4 members (excludes halogenated alkanes) is 22. The van der Waals surface area contributed by atoms with Crippen molar-refractivity contribution < 1.29 is 52.2 Å². The molecular weight excluding hydrogens is 904 g/mol. The van der Waals surface area contributed by atoms with Crippen LogP contribution in [-0.4, -0.2) is 66.5 Å². The van der Waals surface area contributed by atoms with Crippen LogP contribution in [0.5, 0.6) is 0 Å². The maximum atomic E-state index is 12.9. The highest BCUT2D eigenvalue weighted by molar-refractivity contribution is 7.47. The van der Waals surface area contributed by atoms with Crippen LogP contribution in [-0.2, 0) is 42.2 Å². The third-order valence-electron chi connectivity index (χ3n) is 11.6. The highest BCUT2D eigenvalue weighted by Gasteiger charge is 2.28. The molecule has 0 saturated carbocycles. The minimum absolute atomic E-state index is 0.112. The van der Waals surface area contributed by atoms with Crippen LogP contribution in [0.2, 0.25) is 0 Å². The Labute approximate surface area is 427 Å². The number of esters is 3. The number of phosphoric ester groups is 1. The van der Waals surface area contributed by atoms with Crippen LogP contribution in [0.1, 0.15) is 239 Å². The molecule has 3 unspecified atom stereocenters. The number of ether oxygens (including phenoxy) is 3. The number of rotatable bonds is 51. The summed E-state index contributed by atoms with van der Waals surface area (Å²) in [5, 5.41) is 9.79. The average Bonchev–Trinajstić information content (AvgIpc) is 3.35. The summed E-state index contributed by atoms with van der Waals surface area (Å²) in [6.07, 6.45) is 57.2. The Morgan fingerprint density at radius 2 is 0.743 bits per heavy atom. The van der Waals surface area contributed by atoms with E-state index in [2.05, 4.69) is 93.7 Å². The lowest BCUT2D eigenvalue weighted by atomic mass is 10.1. The molecule has 0 heterocycles. The molecule has 3 atom stereocenters. The zero-order valence-corrected chi connectivity index (χ0v) is 45.4. The van der Waals surface area contributed by atoms with E-state index in [1.165, 1.54) is 64.2 Å². The molecule has 0 saturated heterocycles. The van der Waals surface area contributed by atoms with E-state index in [1.54, 1.807) is 0 Å². The summed E-state index contributed by atoms with van der Waals surface area (Å²) in [6, 6.07) is 0. The van der Waals surface area contributed by atoms with Crippen LogP contribution in [0.4, 0.5) is 0 Å². The second-order valence-corrected chi connectivity index (χ2v) is 19.8. The Morgan fingerprint density at radius 1 is 0.414 bits per heavy atom. The van der Waals surface area contributed by atoms with Gasteiger partial charge >= 0.3 is 25.7 Å². The monoisotopic (exact) mass is 1000 g/mol. The highest BCUT2D eigenvalue weighted by Crippen LogP contribution is 2.43. The van der Waals surface area contributed by atoms with Gasteiger partial charge < -0.3 is 24.2 Å². The number of carbonyl (C=O) groups excluding carboxylic acids is 3. The van der Waals surface area contributed by atoms with Gasteiger partial charge in [0.05, 0.1) is 19.8 Å². The van der Waals surface area contributed by atoms with E-state index in [9.17, 15) is 28.9 Å². The number of aliphatic hydroxyl groups excluding tert-OH is 1. The summed E-state index contributed by atoms with van der Waals surface area (Å²) in [7, 11) is -4.76. The van der Waals surface area contributed by atoms with Gasteiger partial charge in [-0.2, -0.15) is 0 Å². The molecular formula is C58H101O11P. The van der Waals surface area contributed by atoms with Crippen molar-refractivity contribution in [2.75, 3.05) is 26.4 Å². The second kappa shape index (κ2) is 52.2. The molecule has 0 aromatic rings. The van der Waals surface area contributed by atoms with Gasteiger partial charge in [0, 0.05) is 19.3 Å². The van der Waals surface area contributed by atoms with Crippen LogP contribution in [0.25, 0.3) is 0 Å². The van der Waals surface area contributed by atoms with Gasteiger partial charge in [0.25, 0.3) is 0 Å². The summed E-state index contributed by atoms with van der Waals surface area (Å²) in [5.41, 5.74) is 0. The van der Waals surface area contributed by atoms with Crippen LogP contribution in [0, 0.1) is 0 Å². The zero-order chi connectivity index (χ0) is 51.3. The van der Waals surface area contributed by atoms with E-state index in [1.807, 2.05) is 0 Å². The first-order chi connectivity index (χ1) is 34.2. The van der Waals surface area contributed by atoms with Crippen molar-refractivity contribution >= 4 is 25.7 Å². The van der Waals surface area contributed by atoms with Crippen LogP contribution < -0.4 is 0 Å². The Hall–Kier alpha value is -3.08. The number of allylic oxidation sites excluding steroid dienone is 12. The number of phosphoric acid groups is 1. The summed E-state index contributed by atoms with van der Waals surface area (Å²) >= 11 is 0. The second-order valence-electron chi connectivity index (χ2n) is 18.4. The molecule has 0 fully saturated rings. The largest absolute Gasteiger partial charge is 0.472 e. The molecule has 2 N–H and O–H groups in total. The highest BCUT2D eigenvalue weighted by atomic mass is 31.2. The van der Waals surface area contributed by atoms with Gasteiger partial charge in [0.2, 0.25) is 0 Å². The van der Waals surface area contributed by atoms with Gasteiger partial charge in [-0.15, -0.1) is 0 Å². The topological polar surface area (TPSA) is 155 Å². The molecule has 0 bridgehead atoms. The first kappa shape index (κ1) is 66.9. The molecule has 0 spiro atoms. The Bertz CT molecular complexity index is 1450. The standard InChI is InChI=1S/C58H101O11P/c1-4-7-10-13-16-19-22-25-27-30-32-35-38-41-44-47-56(60)65-51-55(69-58(62)49-46-43-40-37-34-31-28-26-23-20-17-14-11-8-5-2)53-67-70(63,64)66-52-54(50-59)68-57(61)48-45-42-39-36-33-29-24-21-18-15-12-9-6-3/h8,11,17,20-21,24-28,34,37,54-55,59H,4-7,9-10,12-16,18-19,22-23,29-33,35-36,38-53H2,1-3H3,(H,63,64)/b11-8-,20-17-,24-21-,27-25-,28-26-,37-34-. The van der Waals surface area contributed by atoms with Crippen molar-refractivity contribution in [3.05, 3.63) is 72.9 Å². The zero-order valence-electron chi connectivity index (χ0n) is 44.5. The molecule has 0 aromatic heterocycles. The first-order valence-electron chi connectivity index (χ1n) is 27.8. The predicted octanol–water partition coefficient (Wildman–Crippen LogP) is 16.1. The maximum Gasteiger partial charge on any atom is 0.472 e. The van der Waals surface area contributed by atoms with Crippen molar-refractivity contribution in [1.82, 2.24) is 0 Å². The molecule has 11 nitrogen and oxygen atoms in total. The first-order valence-corrected chi connectivity index (χ1v) is 29.3. The fourth-order valence-electron chi connectivity index (χ4n) is 7.34. The molecule has 0 amide bonds. The van der Waals surface area contributed by atoms with Crippen LogP contribution >= 0.6 is 7.82 Å². The molecule has 404 valence electrons. The van der Waals surface area contributed by atoms with Gasteiger partial charge in [-0.25, -0.2) is 4.57 Å². The van der Waals surface area contributed by atoms with E-state index in [0.29, 0.717) is 19.3 Å². The Balaban J connectivity index is 4.81. The van der Waals surface area contributed by atoms with Crippen molar-refractivity contribution in [3.8, 4) is 0 Å². The van der Waals surface area contributed by atoms with Crippen molar-refractivity contribution in [1.29, 1.82) is 0 Å². The summed E-state index contributed by atoms with van der Waals surface area (Å²) in [6.45, 7) is 4.44. The minimum atomic E-state index is -4.76. The van der Waals surface area contributed by atoms with Gasteiger partial charge in [0.1, 0.15) is 12.7 Å². The van der Waals surface area contributed by atoms with Crippen LogP contribution in [0.15, 0.2) is 72.9 Å². The van der Waals surface area contributed by atoms with E-state index in [0.717, 1.165) is 116 Å². The maximum absolute atomic E-state index is 12.9. The average molecular weight is 1010 g/mol. The van der Waals surface area contributed by atoms with Crippen molar-refractivity contribution in [2.24, 2.45) is 0 Å². The van der Waals surface area contributed by atoms with Gasteiger partial charge in [-0.3, -0.25) is 23.4 Å². The molecule has 70 heavy (non-hydrogen) atoms. The van der Waals surface area contributed by atoms with Crippen molar-refractivity contribution in [3.63, 3.8) is 0 Å². The molecule has 0 aliphatic carbocycles. The normalized spacial score (nSPS) is 14.0. The SMILES string of the molecule is CC/C=C\C/C=C\C/C=C\C/C=C\CCCCC(=O)OC(COC(=O)CCCCCCC/C=C\CCCCCCCC)COP(=O)(O)OCC(CO)OC(=O)CCCCCCC/C=C\CCCCCC. The Kier molecular flexibility index (Phi) is 50.0. The van der Waals surface area contributed by atoms with E-state index >= 15 is 0 Å². The Morgan fingerprint density at radius 3 is 1.20 bits per heavy atom. The van der Waals surface area contributed by atoms with Crippen molar-refractivity contribution in [2.45, 2.75) is 251 Å². The molecule has 0 radical (unpaired) electrons. The number of hydrogen-bond acceptors (Lipinski definition) is 10. The fraction of sp³-hybridized carbons (Fsp3) is 0.741. The number of aliphatic hydroxyl groups is 1. The fourth-order valence-corrected chi connectivity index (χ4v) is 8.12. The molecule has 0 aliphatic heterocycles. The van der Waals surface area contributed by atoms with Crippen LogP contribution in [0.3, 0.4) is 0 Å².